The molecule has 0 saturated heterocycles. The van der Waals surface area contributed by atoms with Gasteiger partial charge in [-0.3, -0.25) is 0 Å². The van der Waals surface area contributed by atoms with Gasteiger partial charge in [0.1, 0.15) is 17.7 Å². The molecule has 14 heavy (non-hydrogen) atoms. The van der Waals surface area contributed by atoms with E-state index in [9.17, 15) is 8.78 Å². The standard InChI is InChI=1S/C10H10F2N2/c11-10(12)9-4-2-1-3-8(9)7(5-13)6-14/h9-10H,1-4H2. The van der Waals surface area contributed by atoms with Gasteiger partial charge in [0.15, 0.2) is 0 Å². The van der Waals surface area contributed by atoms with Crippen molar-refractivity contribution in [1.82, 2.24) is 0 Å². The minimum atomic E-state index is -2.46. The second kappa shape index (κ2) is 4.72. The molecular weight excluding hydrogens is 186 g/mol. The van der Waals surface area contributed by atoms with Gasteiger partial charge in [-0.25, -0.2) is 8.78 Å². The topological polar surface area (TPSA) is 47.6 Å². The van der Waals surface area contributed by atoms with Crippen LogP contribution in [0.3, 0.4) is 0 Å². The molecule has 0 radical (unpaired) electrons. The SMILES string of the molecule is N#CC(C#N)=C1CCCCC1C(F)F. The summed E-state index contributed by atoms with van der Waals surface area (Å²) >= 11 is 0. The van der Waals surface area contributed by atoms with Gasteiger partial charge in [-0.05, 0) is 24.8 Å². The molecule has 1 saturated carbocycles. The van der Waals surface area contributed by atoms with E-state index in [4.69, 9.17) is 10.5 Å². The largest absolute Gasteiger partial charge is 0.245 e. The Morgan fingerprint density at radius 3 is 2.43 bits per heavy atom. The number of rotatable bonds is 1. The van der Waals surface area contributed by atoms with E-state index >= 15 is 0 Å². The van der Waals surface area contributed by atoms with Gasteiger partial charge < -0.3 is 0 Å². The molecule has 0 spiro atoms. The molecule has 1 fully saturated rings. The van der Waals surface area contributed by atoms with Crippen molar-refractivity contribution in [3.05, 3.63) is 11.1 Å². The van der Waals surface area contributed by atoms with Crippen LogP contribution in [0.5, 0.6) is 0 Å². The highest BCUT2D eigenvalue weighted by molar-refractivity contribution is 5.41. The summed E-state index contributed by atoms with van der Waals surface area (Å²) in [6, 6.07) is 3.38. The lowest BCUT2D eigenvalue weighted by molar-refractivity contribution is 0.0815. The minimum Gasteiger partial charge on any atom is -0.210 e. The van der Waals surface area contributed by atoms with Crippen LogP contribution in [-0.2, 0) is 0 Å². The van der Waals surface area contributed by atoms with Gasteiger partial charge >= 0.3 is 0 Å². The Labute approximate surface area is 81.4 Å². The van der Waals surface area contributed by atoms with Crippen LogP contribution in [0.15, 0.2) is 11.1 Å². The molecule has 1 atom stereocenters. The summed E-state index contributed by atoms with van der Waals surface area (Å²) in [5, 5.41) is 17.2. The fraction of sp³-hybridized carbons (Fsp3) is 0.600. The molecule has 0 aromatic heterocycles. The van der Waals surface area contributed by atoms with Gasteiger partial charge in [0.25, 0.3) is 0 Å². The van der Waals surface area contributed by atoms with Crippen LogP contribution < -0.4 is 0 Å². The van der Waals surface area contributed by atoms with Gasteiger partial charge in [-0.1, -0.05) is 6.42 Å². The Hall–Kier alpha value is -1.42. The summed E-state index contributed by atoms with van der Waals surface area (Å²) in [5.41, 5.74) is 0.242. The van der Waals surface area contributed by atoms with E-state index in [1.807, 2.05) is 0 Å². The Balaban J connectivity index is 3.00. The van der Waals surface area contributed by atoms with Gasteiger partial charge in [-0.2, -0.15) is 10.5 Å². The molecule has 1 rings (SSSR count). The minimum absolute atomic E-state index is 0.116. The van der Waals surface area contributed by atoms with Crippen LogP contribution in [0.25, 0.3) is 0 Å². The molecule has 0 aromatic carbocycles. The highest BCUT2D eigenvalue weighted by Gasteiger charge is 2.29. The Morgan fingerprint density at radius 1 is 1.29 bits per heavy atom. The van der Waals surface area contributed by atoms with Gasteiger partial charge in [0.05, 0.1) is 0 Å². The summed E-state index contributed by atoms with van der Waals surface area (Å²) in [7, 11) is 0. The zero-order chi connectivity index (χ0) is 10.6. The third kappa shape index (κ3) is 2.09. The van der Waals surface area contributed by atoms with E-state index in [0.717, 1.165) is 12.8 Å². The lowest BCUT2D eigenvalue weighted by atomic mass is 9.82. The van der Waals surface area contributed by atoms with Crippen molar-refractivity contribution in [2.75, 3.05) is 0 Å². The van der Waals surface area contributed by atoms with Gasteiger partial charge in [0, 0.05) is 5.92 Å². The fourth-order valence-corrected chi connectivity index (χ4v) is 1.80. The third-order valence-corrected chi connectivity index (χ3v) is 2.51. The molecule has 0 amide bonds. The number of allylic oxidation sites excluding steroid dienone is 2. The number of hydrogen-bond acceptors (Lipinski definition) is 2. The van der Waals surface area contributed by atoms with Crippen LogP contribution in [0.1, 0.15) is 25.7 Å². The molecule has 1 aliphatic carbocycles. The lowest BCUT2D eigenvalue weighted by Gasteiger charge is -2.24. The first kappa shape index (κ1) is 10.7. The molecule has 1 unspecified atom stereocenters. The zero-order valence-electron chi connectivity index (χ0n) is 7.63. The molecule has 0 aromatic rings. The molecule has 0 heterocycles. The highest BCUT2D eigenvalue weighted by atomic mass is 19.3. The summed E-state index contributed by atoms with van der Waals surface area (Å²) in [5.74, 6) is -0.877. The second-order valence-electron chi connectivity index (χ2n) is 3.31. The molecular formula is C10H10F2N2. The summed E-state index contributed by atoms with van der Waals surface area (Å²) in [6.07, 6.45) is -0.0543. The van der Waals surface area contributed by atoms with Crippen molar-refractivity contribution in [2.24, 2.45) is 5.92 Å². The van der Waals surface area contributed by atoms with E-state index < -0.39 is 12.3 Å². The number of nitriles is 2. The van der Waals surface area contributed by atoms with Crippen LogP contribution in [-0.4, -0.2) is 6.43 Å². The first-order valence-electron chi connectivity index (χ1n) is 4.52. The van der Waals surface area contributed by atoms with Crippen molar-refractivity contribution in [1.29, 1.82) is 10.5 Å². The Kier molecular flexibility index (Phi) is 3.59. The van der Waals surface area contributed by atoms with Crippen LogP contribution in [0.4, 0.5) is 8.78 Å². The van der Waals surface area contributed by atoms with E-state index in [1.54, 1.807) is 12.1 Å². The quantitative estimate of drug-likeness (QED) is 0.605. The maximum atomic E-state index is 12.6. The predicted octanol–water partition coefficient (Wildman–Crippen LogP) is 2.79. The van der Waals surface area contributed by atoms with Gasteiger partial charge in [-0.15, -0.1) is 0 Å². The molecule has 0 aliphatic heterocycles. The number of nitrogens with zero attached hydrogens (tertiary/aromatic N) is 2. The lowest BCUT2D eigenvalue weighted by Crippen LogP contribution is -2.19. The number of alkyl halides is 2. The van der Waals surface area contributed by atoms with Crippen LogP contribution in [0.2, 0.25) is 0 Å². The van der Waals surface area contributed by atoms with E-state index in [1.165, 1.54) is 0 Å². The molecule has 0 N–H and O–H groups in total. The van der Waals surface area contributed by atoms with E-state index in [0.29, 0.717) is 18.4 Å². The maximum absolute atomic E-state index is 12.6. The predicted molar refractivity (Wildman–Crippen MR) is 46.2 cm³/mol. The first-order chi connectivity index (χ1) is 6.70. The van der Waals surface area contributed by atoms with Crippen molar-refractivity contribution in [3.8, 4) is 12.1 Å². The average Bonchev–Trinajstić information content (AvgIpc) is 2.20. The van der Waals surface area contributed by atoms with Crippen molar-refractivity contribution >= 4 is 0 Å². The first-order valence-corrected chi connectivity index (χ1v) is 4.52. The fourth-order valence-electron chi connectivity index (χ4n) is 1.80. The molecule has 4 heteroatoms. The smallest absolute Gasteiger partial charge is 0.210 e. The average molecular weight is 196 g/mol. The number of hydrogen-bond donors (Lipinski definition) is 0. The number of halogens is 2. The van der Waals surface area contributed by atoms with Crippen molar-refractivity contribution in [2.45, 2.75) is 32.1 Å². The van der Waals surface area contributed by atoms with Crippen molar-refractivity contribution < 1.29 is 8.78 Å². The summed E-state index contributed by atoms with van der Waals surface area (Å²) in [4.78, 5) is 0. The summed E-state index contributed by atoms with van der Waals surface area (Å²) < 4.78 is 25.1. The zero-order valence-corrected chi connectivity index (χ0v) is 7.63. The maximum Gasteiger partial charge on any atom is 0.245 e. The van der Waals surface area contributed by atoms with E-state index in [-0.39, 0.29) is 5.57 Å². The Bertz CT molecular complexity index is 304. The molecule has 2 nitrogen and oxygen atoms in total. The third-order valence-electron chi connectivity index (χ3n) is 2.51. The highest BCUT2D eigenvalue weighted by Crippen LogP contribution is 2.35. The molecule has 1 aliphatic rings. The Morgan fingerprint density at radius 2 is 1.93 bits per heavy atom. The van der Waals surface area contributed by atoms with E-state index in [2.05, 4.69) is 0 Å². The van der Waals surface area contributed by atoms with Crippen LogP contribution in [0, 0.1) is 28.6 Å². The summed E-state index contributed by atoms with van der Waals surface area (Å²) in [6.45, 7) is 0. The molecule has 74 valence electrons. The molecule has 0 bridgehead atoms. The van der Waals surface area contributed by atoms with Crippen molar-refractivity contribution in [3.63, 3.8) is 0 Å². The van der Waals surface area contributed by atoms with Gasteiger partial charge in [0.2, 0.25) is 6.43 Å². The monoisotopic (exact) mass is 196 g/mol. The normalized spacial score (nSPS) is 21.5. The van der Waals surface area contributed by atoms with Crippen LogP contribution >= 0.6 is 0 Å². The second-order valence-corrected chi connectivity index (χ2v) is 3.31.